The second-order valence-corrected chi connectivity index (χ2v) is 10.2. The number of anilines is 1. The number of amides is 1. The highest BCUT2D eigenvalue weighted by Gasteiger charge is 2.30. The number of imidazole rings is 2. The Kier molecular flexibility index (Phi) is 6.28. The number of halogens is 2. The van der Waals surface area contributed by atoms with Gasteiger partial charge in [-0.05, 0) is 48.7 Å². The predicted octanol–water partition coefficient (Wildman–Crippen LogP) is 5.59. The minimum Gasteiger partial charge on any atom is -0.342 e. The summed E-state index contributed by atoms with van der Waals surface area (Å²) in [5.74, 6) is -3.37. The Morgan fingerprint density at radius 2 is 1.77 bits per heavy atom. The van der Waals surface area contributed by atoms with Crippen LogP contribution in [0.2, 0.25) is 0 Å². The molecule has 0 aliphatic carbocycles. The second-order valence-electron chi connectivity index (χ2n) is 10.2. The Morgan fingerprint density at radius 1 is 1.05 bits per heavy atom. The molecule has 0 unspecified atom stereocenters. The van der Waals surface area contributed by atoms with Crippen LogP contribution in [-0.2, 0) is 12.5 Å². The first-order valence-corrected chi connectivity index (χ1v) is 13.0. The van der Waals surface area contributed by atoms with Gasteiger partial charge in [-0.15, -0.1) is 4.91 Å². The van der Waals surface area contributed by atoms with Crippen LogP contribution in [0.5, 0.6) is 0 Å². The number of nitrogens with zero attached hydrogens (tertiary/aromatic N) is 5. The molecule has 1 aliphatic heterocycles. The van der Waals surface area contributed by atoms with Crippen molar-refractivity contribution in [1.29, 1.82) is 0 Å². The van der Waals surface area contributed by atoms with Crippen LogP contribution in [0.25, 0.3) is 22.1 Å². The Balaban J connectivity index is 1.37. The van der Waals surface area contributed by atoms with Crippen LogP contribution in [0.15, 0.2) is 76.7 Å². The topological polar surface area (TPSA) is 105 Å². The number of fused-ring (bicyclic) bond motifs is 2. The van der Waals surface area contributed by atoms with E-state index in [9.17, 15) is 23.3 Å². The van der Waals surface area contributed by atoms with Crippen molar-refractivity contribution in [2.75, 3.05) is 18.0 Å². The fraction of sp³-hybridized carbons (Fsp3) is 0.276. The van der Waals surface area contributed by atoms with Gasteiger partial charge in [-0.25, -0.2) is 18.6 Å². The molecule has 0 radical (unpaired) electrons. The first kappa shape index (κ1) is 25.6. The average Bonchev–Trinajstić information content (AvgIpc) is 3.48. The van der Waals surface area contributed by atoms with Crippen molar-refractivity contribution in [2.24, 2.45) is 5.18 Å². The molecule has 0 bridgehead atoms. The lowest BCUT2D eigenvalue weighted by molar-refractivity contribution is 0.0165. The van der Waals surface area contributed by atoms with E-state index in [0.29, 0.717) is 48.5 Å². The molecular weight excluding hydrogens is 518 g/mol. The Hall–Kier alpha value is -4.67. The van der Waals surface area contributed by atoms with Crippen LogP contribution >= 0.6 is 0 Å². The van der Waals surface area contributed by atoms with Gasteiger partial charge in [-0.2, -0.15) is 0 Å². The molecule has 5 aromatic rings. The molecule has 0 spiro atoms. The number of aromatic nitrogens is 4. The number of aromatic amines is 1. The zero-order chi connectivity index (χ0) is 28.0. The second kappa shape index (κ2) is 9.82. The Morgan fingerprint density at radius 3 is 2.52 bits per heavy atom. The van der Waals surface area contributed by atoms with Crippen molar-refractivity contribution in [3.8, 4) is 0 Å². The van der Waals surface area contributed by atoms with Gasteiger partial charge >= 0.3 is 11.6 Å². The maximum absolute atomic E-state index is 14.5. The maximum Gasteiger partial charge on any atom is 0.326 e. The van der Waals surface area contributed by atoms with Crippen LogP contribution in [0.1, 0.15) is 47.3 Å². The Bertz CT molecular complexity index is 1810. The molecule has 6 rings (SSSR count). The van der Waals surface area contributed by atoms with Gasteiger partial charge in [0.15, 0.2) is 0 Å². The largest absolute Gasteiger partial charge is 0.342 e. The van der Waals surface area contributed by atoms with Gasteiger partial charge in [-0.1, -0.05) is 36.4 Å². The summed E-state index contributed by atoms with van der Waals surface area (Å²) < 4.78 is 32.6. The number of carbonyl (C=O) groups excluding carboxylic acids is 1. The minimum atomic E-state index is -3.03. The molecule has 3 aromatic carbocycles. The van der Waals surface area contributed by atoms with Crippen molar-refractivity contribution in [2.45, 2.75) is 38.3 Å². The van der Waals surface area contributed by atoms with Gasteiger partial charge < -0.3 is 14.5 Å². The monoisotopic (exact) mass is 544 g/mol. The van der Waals surface area contributed by atoms with Crippen molar-refractivity contribution in [3.05, 3.63) is 98.8 Å². The number of H-pyrrole nitrogens is 1. The molecule has 1 saturated heterocycles. The first-order valence-electron chi connectivity index (χ1n) is 13.0. The molecule has 0 atom stereocenters. The van der Waals surface area contributed by atoms with Crippen LogP contribution < -0.4 is 10.6 Å². The van der Waals surface area contributed by atoms with Crippen molar-refractivity contribution < 1.29 is 13.6 Å². The molecule has 40 heavy (non-hydrogen) atoms. The van der Waals surface area contributed by atoms with Gasteiger partial charge in [0, 0.05) is 42.4 Å². The summed E-state index contributed by atoms with van der Waals surface area (Å²) in [7, 11) is 0. The number of hydrogen-bond acceptors (Lipinski definition) is 5. The number of alkyl halides is 2. The van der Waals surface area contributed by atoms with E-state index in [0.717, 1.165) is 18.0 Å². The number of nitrogens with one attached hydrogen (secondary N) is 1. The maximum atomic E-state index is 14.5. The van der Waals surface area contributed by atoms with Gasteiger partial charge in [0.1, 0.15) is 0 Å². The summed E-state index contributed by atoms with van der Waals surface area (Å²) in [6.45, 7) is 2.16. The molecule has 1 fully saturated rings. The molecule has 0 saturated carbocycles. The van der Waals surface area contributed by atoms with Crippen molar-refractivity contribution in [1.82, 2.24) is 19.1 Å². The van der Waals surface area contributed by atoms with Crippen molar-refractivity contribution >= 4 is 33.9 Å². The number of hydrogen-bond donors (Lipinski definition) is 1. The molecular formula is C29H26F2N6O3. The highest BCUT2D eigenvalue weighted by molar-refractivity contribution is 5.98. The number of benzene rings is 3. The summed E-state index contributed by atoms with van der Waals surface area (Å²) >= 11 is 0. The highest BCUT2D eigenvalue weighted by Crippen LogP contribution is 2.34. The Labute approximate surface area is 227 Å². The van der Waals surface area contributed by atoms with E-state index < -0.39 is 11.8 Å². The highest BCUT2D eigenvalue weighted by atomic mass is 19.3. The summed E-state index contributed by atoms with van der Waals surface area (Å²) in [6, 6.07) is 18.6. The number of para-hydroxylation sites is 2. The van der Waals surface area contributed by atoms with Gasteiger partial charge in [0.05, 0.1) is 28.6 Å². The van der Waals surface area contributed by atoms with E-state index in [1.165, 1.54) is 18.2 Å². The van der Waals surface area contributed by atoms with Gasteiger partial charge in [0.25, 0.3) is 5.92 Å². The summed E-state index contributed by atoms with van der Waals surface area (Å²) in [5.41, 5.74) is 3.08. The zero-order valence-corrected chi connectivity index (χ0v) is 21.7. The fourth-order valence-electron chi connectivity index (χ4n) is 5.72. The quantitative estimate of drug-likeness (QED) is 0.281. The third kappa shape index (κ3) is 4.47. The number of carbonyl (C=O) groups is 1. The lowest BCUT2D eigenvalue weighted by Crippen LogP contribution is -2.38. The van der Waals surface area contributed by atoms with Crippen molar-refractivity contribution in [3.63, 3.8) is 0 Å². The van der Waals surface area contributed by atoms with E-state index in [2.05, 4.69) is 15.1 Å². The molecule has 11 heteroatoms. The summed E-state index contributed by atoms with van der Waals surface area (Å²) in [4.78, 5) is 45.3. The lowest BCUT2D eigenvalue weighted by Gasteiger charge is -2.33. The SMILES string of the molecule is CC(F)(F)c1ccccc1Cn1c(N2CCC(n3c(=O)[nH]c4ccccc43)CC2)nc2cc(C(=O)N=O)ccc21. The zero-order valence-electron chi connectivity index (χ0n) is 21.7. The molecule has 204 valence electrons. The summed E-state index contributed by atoms with van der Waals surface area (Å²) in [5, 5.41) is 2.50. The number of rotatable bonds is 6. The van der Waals surface area contributed by atoms with E-state index in [-0.39, 0.29) is 29.4 Å². The molecule has 1 amide bonds. The standard InChI is InChI=1S/C29H26F2N6O3/c1-29(30,31)21-7-3-2-6-19(21)17-36-24-11-10-18(26(38)34-40)16-23(24)32-27(36)35-14-12-20(13-15-35)37-25-9-5-4-8-22(25)33-28(37)39/h2-11,16,20H,12-15,17H2,1H3,(H,33,39). The third-order valence-corrected chi connectivity index (χ3v) is 7.61. The van der Waals surface area contributed by atoms with Gasteiger partial charge in [-0.3, -0.25) is 9.36 Å². The van der Waals surface area contributed by atoms with E-state index in [1.807, 2.05) is 28.8 Å². The fourth-order valence-corrected chi connectivity index (χ4v) is 5.72. The van der Waals surface area contributed by atoms with E-state index in [1.54, 1.807) is 28.8 Å². The van der Waals surface area contributed by atoms with Crippen LogP contribution in [-0.4, -0.2) is 38.1 Å². The first-order chi connectivity index (χ1) is 19.2. The summed E-state index contributed by atoms with van der Waals surface area (Å²) in [6.07, 6.45) is 1.35. The number of nitroso groups, excluding NO2 is 1. The van der Waals surface area contributed by atoms with E-state index >= 15 is 0 Å². The predicted molar refractivity (Wildman–Crippen MR) is 148 cm³/mol. The molecule has 9 nitrogen and oxygen atoms in total. The number of piperidine rings is 1. The average molecular weight is 545 g/mol. The smallest absolute Gasteiger partial charge is 0.326 e. The molecule has 1 N–H and O–H groups in total. The molecule has 1 aliphatic rings. The van der Waals surface area contributed by atoms with Crippen LogP contribution in [0, 0.1) is 4.91 Å². The minimum absolute atomic E-state index is 0.0138. The van der Waals surface area contributed by atoms with Crippen LogP contribution in [0.4, 0.5) is 14.7 Å². The molecule has 3 heterocycles. The van der Waals surface area contributed by atoms with Gasteiger partial charge in [0.2, 0.25) is 5.95 Å². The van der Waals surface area contributed by atoms with E-state index in [4.69, 9.17) is 4.98 Å². The normalized spacial score (nSPS) is 14.7. The lowest BCUT2D eigenvalue weighted by atomic mass is 10.0. The molecule has 2 aromatic heterocycles. The third-order valence-electron chi connectivity index (χ3n) is 7.61. The van der Waals surface area contributed by atoms with Crippen LogP contribution in [0.3, 0.4) is 0 Å².